The maximum absolute atomic E-state index is 5.45. The zero-order valence-corrected chi connectivity index (χ0v) is 10.1. The summed E-state index contributed by atoms with van der Waals surface area (Å²) in [5, 5.41) is 11.7. The van der Waals surface area contributed by atoms with E-state index in [0.717, 1.165) is 30.8 Å². The molecule has 2 N–H and O–H groups in total. The second-order valence-corrected chi connectivity index (χ2v) is 4.19. The largest absolute Gasteiger partial charge is 0.393 e. The first-order chi connectivity index (χ1) is 8.27. The summed E-state index contributed by atoms with van der Waals surface area (Å²) in [6.07, 6.45) is 2.35. The first-order valence-corrected chi connectivity index (χ1v) is 5.79. The standard InChI is InChI=1S/C11H13N5S/c12-10(17)7-4-8-11-13-14-15-16(11)9-5-2-1-3-6-9/h1-3,5-6H,4,7-8H2,(H2,12,17). The molecule has 0 amide bonds. The molecule has 0 bridgehead atoms. The first kappa shape index (κ1) is 11.7. The molecule has 1 aromatic heterocycles. The number of hydrogen-bond donors (Lipinski definition) is 1. The molecule has 5 nitrogen and oxygen atoms in total. The molecule has 0 aliphatic heterocycles. The van der Waals surface area contributed by atoms with Gasteiger partial charge in [0.1, 0.15) is 0 Å². The van der Waals surface area contributed by atoms with Gasteiger partial charge in [0.15, 0.2) is 5.82 Å². The fourth-order valence-corrected chi connectivity index (χ4v) is 1.70. The molecule has 88 valence electrons. The van der Waals surface area contributed by atoms with Gasteiger partial charge in [0, 0.05) is 6.42 Å². The zero-order chi connectivity index (χ0) is 12.1. The van der Waals surface area contributed by atoms with Crippen LogP contribution in [0.15, 0.2) is 30.3 Å². The lowest BCUT2D eigenvalue weighted by Gasteiger charge is -2.03. The fourth-order valence-electron chi connectivity index (χ4n) is 1.55. The van der Waals surface area contributed by atoms with E-state index in [1.807, 2.05) is 30.3 Å². The Hall–Kier alpha value is -1.82. The molecule has 17 heavy (non-hydrogen) atoms. The molecular weight excluding hydrogens is 234 g/mol. The normalized spacial score (nSPS) is 10.4. The topological polar surface area (TPSA) is 69.6 Å². The number of tetrazole rings is 1. The number of nitrogens with two attached hydrogens (primary N) is 1. The predicted octanol–water partition coefficient (Wildman–Crippen LogP) is 1.27. The molecule has 1 aromatic carbocycles. The van der Waals surface area contributed by atoms with Gasteiger partial charge in [0.05, 0.1) is 10.7 Å². The van der Waals surface area contributed by atoms with Crippen molar-refractivity contribution in [3.8, 4) is 5.69 Å². The molecule has 2 rings (SSSR count). The van der Waals surface area contributed by atoms with Gasteiger partial charge >= 0.3 is 0 Å². The predicted molar refractivity (Wildman–Crippen MR) is 68.9 cm³/mol. The number of rotatable bonds is 5. The zero-order valence-electron chi connectivity index (χ0n) is 9.28. The number of para-hydroxylation sites is 1. The molecule has 0 aliphatic carbocycles. The van der Waals surface area contributed by atoms with Crippen LogP contribution in [-0.2, 0) is 6.42 Å². The first-order valence-electron chi connectivity index (χ1n) is 5.38. The third-order valence-corrected chi connectivity index (χ3v) is 2.56. The summed E-state index contributed by atoms with van der Waals surface area (Å²) in [6, 6.07) is 9.80. The minimum absolute atomic E-state index is 0.531. The maximum Gasteiger partial charge on any atom is 0.156 e. The molecule has 2 aromatic rings. The van der Waals surface area contributed by atoms with Gasteiger partial charge in [0.2, 0.25) is 0 Å². The summed E-state index contributed by atoms with van der Waals surface area (Å²) in [4.78, 5) is 0.531. The minimum Gasteiger partial charge on any atom is -0.393 e. The van der Waals surface area contributed by atoms with Gasteiger partial charge in [-0.2, -0.15) is 4.68 Å². The SMILES string of the molecule is NC(=S)CCCc1nnnn1-c1ccccc1. The van der Waals surface area contributed by atoms with E-state index in [2.05, 4.69) is 15.5 Å². The molecule has 0 fully saturated rings. The Labute approximate surface area is 105 Å². The van der Waals surface area contributed by atoms with Gasteiger partial charge in [-0.15, -0.1) is 5.10 Å². The summed E-state index contributed by atoms with van der Waals surface area (Å²) in [5.41, 5.74) is 6.42. The van der Waals surface area contributed by atoms with Crippen molar-refractivity contribution in [1.82, 2.24) is 20.2 Å². The molecular formula is C11H13N5S. The lowest BCUT2D eigenvalue weighted by Crippen LogP contribution is -2.09. The van der Waals surface area contributed by atoms with E-state index >= 15 is 0 Å². The van der Waals surface area contributed by atoms with E-state index in [1.165, 1.54) is 0 Å². The van der Waals surface area contributed by atoms with Gasteiger partial charge in [-0.05, 0) is 35.4 Å². The van der Waals surface area contributed by atoms with Crippen LogP contribution >= 0.6 is 12.2 Å². The van der Waals surface area contributed by atoms with Crippen LogP contribution in [0.1, 0.15) is 18.7 Å². The molecule has 0 spiro atoms. The lowest BCUT2D eigenvalue weighted by molar-refractivity contribution is 0.734. The Morgan fingerprint density at radius 3 is 2.76 bits per heavy atom. The number of thiocarbonyl (C=S) groups is 1. The average Bonchev–Trinajstić information content (AvgIpc) is 2.78. The van der Waals surface area contributed by atoms with Crippen molar-refractivity contribution in [3.63, 3.8) is 0 Å². The van der Waals surface area contributed by atoms with Crippen molar-refractivity contribution >= 4 is 17.2 Å². The summed E-state index contributed by atoms with van der Waals surface area (Å²) < 4.78 is 1.74. The van der Waals surface area contributed by atoms with E-state index in [-0.39, 0.29) is 0 Å². The Morgan fingerprint density at radius 2 is 2.06 bits per heavy atom. The van der Waals surface area contributed by atoms with Gasteiger partial charge in [-0.25, -0.2) is 0 Å². The Balaban J connectivity index is 2.10. The third kappa shape index (κ3) is 3.07. The number of benzene rings is 1. The van der Waals surface area contributed by atoms with Crippen LogP contribution in [0.3, 0.4) is 0 Å². The molecule has 0 saturated carbocycles. The van der Waals surface area contributed by atoms with E-state index < -0.39 is 0 Å². The van der Waals surface area contributed by atoms with Crippen molar-refractivity contribution in [2.45, 2.75) is 19.3 Å². The fraction of sp³-hybridized carbons (Fsp3) is 0.273. The van der Waals surface area contributed by atoms with Crippen LogP contribution in [0.5, 0.6) is 0 Å². The van der Waals surface area contributed by atoms with Crippen LogP contribution in [0.2, 0.25) is 0 Å². The summed E-state index contributed by atoms with van der Waals surface area (Å²) in [6.45, 7) is 0. The molecule has 0 unspecified atom stereocenters. The second kappa shape index (κ2) is 5.49. The van der Waals surface area contributed by atoms with E-state index in [4.69, 9.17) is 18.0 Å². The van der Waals surface area contributed by atoms with Crippen molar-refractivity contribution < 1.29 is 0 Å². The Kier molecular flexibility index (Phi) is 3.77. The Bertz CT molecular complexity index is 494. The Morgan fingerprint density at radius 1 is 1.29 bits per heavy atom. The highest BCUT2D eigenvalue weighted by molar-refractivity contribution is 7.80. The summed E-state index contributed by atoms with van der Waals surface area (Å²) in [5.74, 6) is 0.826. The number of nitrogens with zero attached hydrogens (tertiary/aromatic N) is 4. The van der Waals surface area contributed by atoms with Crippen LogP contribution in [-0.4, -0.2) is 25.2 Å². The van der Waals surface area contributed by atoms with Crippen LogP contribution < -0.4 is 5.73 Å². The average molecular weight is 247 g/mol. The van der Waals surface area contributed by atoms with Crippen molar-refractivity contribution in [3.05, 3.63) is 36.2 Å². The van der Waals surface area contributed by atoms with Gasteiger partial charge in [-0.3, -0.25) is 0 Å². The van der Waals surface area contributed by atoms with Crippen molar-refractivity contribution in [2.24, 2.45) is 5.73 Å². The molecule has 0 radical (unpaired) electrons. The van der Waals surface area contributed by atoms with E-state index in [1.54, 1.807) is 4.68 Å². The van der Waals surface area contributed by atoms with Crippen LogP contribution in [0.4, 0.5) is 0 Å². The third-order valence-electron chi connectivity index (χ3n) is 2.36. The highest BCUT2D eigenvalue weighted by atomic mass is 32.1. The quantitative estimate of drug-likeness (QED) is 0.806. The summed E-state index contributed by atoms with van der Waals surface area (Å²) in [7, 11) is 0. The van der Waals surface area contributed by atoms with E-state index in [9.17, 15) is 0 Å². The molecule has 1 heterocycles. The highest BCUT2D eigenvalue weighted by Gasteiger charge is 2.07. The lowest BCUT2D eigenvalue weighted by atomic mass is 10.2. The van der Waals surface area contributed by atoms with Crippen LogP contribution in [0, 0.1) is 0 Å². The molecule has 0 aliphatic rings. The van der Waals surface area contributed by atoms with Crippen LogP contribution in [0.25, 0.3) is 5.69 Å². The monoisotopic (exact) mass is 247 g/mol. The van der Waals surface area contributed by atoms with Crippen molar-refractivity contribution in [2.75, 3.05) is 0 Å². The minimum atomic E-state index is 0.531. The van der Waals surface area contributed by atoms with Gasteiger partial charge < -0.3 is 5.73 Å². The number of aromatic nitrogens is 4. The van der Waals surface area contributed by atoms with Gasteiger partial charge in [-0.1, -0.05) is 30.4 Å². The molecule has 0 atom stereocenters. The number of hydrogen-bond acceptors (Lipinski definition) is 4. The molecule has 6 heteroatoms. The summed E-state index contributed by atoms with van der Waals surface area (Å²) >= 11 is 4.84. The molecule has 0 saturated heterocycles. The van der Waals surface area contributed by atoms with Gasteiger partial charge in [0.25, 0.3) is 0 Å². The maximum atomic E-state index is 5.45. The second-order valence-electron chi connectivity index (χ2n) is 3.66. The number of aryl methyl sites for hydroxylation is 1. The van der Waals surface area contributed by atoms with E-state index in [0.29, 0.717) is 4.99 Å². The van der Waals surface area contributed by atoms with Crippen molar-refractivity contribution in [1.29, 1.82) is 0 Å². The smallest absolute Gasteiger partial charge is 0.156 e. The highest BCUT2D eigenvalue weighted by Crippen LogP contribution is 2.09.